The van der Waals surface area contributed by atoms with Crippen molar-refractivity contribution in [1.82, 2.24) is 0 Å². The molecule has 4 heteroatoms. The molecule has 0 atom stereocenters. The molecule has 22 heavy (non-hydrogen) atoms. The number of fused-ring (bicyclic) bond motifs is 1. The zero-order chi connectivity index (χ0) is 15.9. The van der Waals surface area contributed by atoms with Crippen LogP contribution in [-0.4, -0.2) is 4.92 Å². The van der Waals surface area contributed by atoms with E-state index in [0.717, 1.165) is 28.0 Å². The maximum Gasteiger partial charge on any atom is 0.280 e. The third-order valence-corrected chi connectivity index (χ3v) is 3.92. The Morgan fingerprint density at radius 1 is 0.909 bits per heavy atom. The highest BCUT2D eigenvalue weighted by Gasteiger charge is 2.17. The van der Waals surface area contributed by atoms with Crippen LogP contribution < -0.4 is 0 Å². The monoisotopic (exact) mass is 295 g/mol. The fraction of sp³-hybridized carbons (Fsp3) is 0.111. The van der Waals surface area contributed by atoms with Crippen molar-refractivity contribution >= 4 is 16.5 Å². The Kier molecular flexibility index (Phi) is 3.37. The maximum absolute atomic E-state index is 13.3. The molecular weight excluding hydrogens is 281 g/mol. The van der Waals surface area contributed by atoms with Gasteiger partial charge in [-0.25, -0.2) is 4.39 Å². The standard InChI is InChI=1S/C18H14FNO2/c1-11-3-4-12(2)17-9-13(5-7-15(11)17)16-8-6-14(19)10-18(16)20(21)22/h3-10H,1-2H3. The number of nitro groups is 1. The minimum atomic E-state index is -0.608. The number of nitro benzene ring substituents is 1. The molecule has 110 valence electrons. The lowest BCUT2D eigenvalue weighted by molar-refractivity contribution is -0.384. The van der Waals surface area contributed by atoms with Crippen LogP contribution in [0.2, 0.25) is 0 Å². The predicted molar refractivity (Wildman–Crippen MR) is 85.5 cm³/mol. The van der Waals surface area contributed by atoms with Gasteiger partial charge in [-0.3, -0.25) is 10.1 Å². The van der Waals surface area contributed by atoms with Crippen molar-refractivity contribution in [2.24, 2.45) is 0 Å². The molecule has 3 aromatic carbocycles. The van der Waals surface area contributed by atoms with Crippen LogP contribution in [0.1, 0.15) is 11.1 Å². The second-order valence-electron chi connectivity index (χ2n) is 5.38. The molecule has 3 rings (SSSR count). The molecule has 0 aliphatic heterocycles. The van der Waals surface area contributed by atoms with Gasteiger partial charge in [-0.2, -0.15) is 0 Å². The van der Waals surface area contributed by atoms with E-state index in [9.17, 15) is 14.5 Å². The summed E-state index contributed by atoms with van der Waals surface area (Å²) in [7, 11) is 0. The highest BCUT2D eigenvalue weighted by molar-refractivity contribution is 5.93. The van der Waals surface area contributed by atoms with Gasteiger partial charge in [0.2, 0.25) is 0 Å². The number of benzene rings is 3. The number of hydrogen-bond donors (Lipinski definition) is 0. The van der Waals surface area contributed by atoms with Crippen molar-refractivity contribution in [2.75, 3.05) is 0 Å². The molecular formula is C18H14FNO2. The normalized spacial score (nSPS) is 10.9. The van der Waals surface area contributed by atoms with Crippen molar-refractivity contribution in [3.63, 3.8) is 0 Å². The number of aryl methyl sites for hydroxylation is 2. The van der Waals surface area contributed by atoms with E-state index in [1.165, 1.54) is 12.1 Å². The van der Waals surface area contributed by atoms with Crippen molar-refractivity contribution in [3.05, 3.63) is 75.6 Å². The van der Waals surface area contributed by atoms with Gasteiger partial charge < -0.3 is 0 Å². The maximum atomic E-state index is 13.3. The molecule has 0 aromatic heterocycles. The van der Waals surface area contributed by atoms with Crippen LogP contribution in [0.25, 0.3) is 21.9 Å². The summed E-state index contributed by atoms with van der Waals surface area (Å²) in [4.78, 5) is 10.6. The smallest absolute Gasteiger partial charge is 0.258 e. The third-order valence-electron chi connectivity index (χ3n) is 3.92. The van der Waals surface area contributed by atoms with E-state index in [1.807, 2.05) is 38.1 Å². The Hall–Kier alpha value is -2.75. The average molecular weight is 295 g/mol. The first-order chi connectivity index (χ1) is 10.5. The van der Waals surface area contributed by atoms with Crippen LogP contribution in [0, 0.1) is 29.8 Å². The molecule has 3 nitrogen and oxygen atoms in total. The first-order valence-electron chi connectivity index (χ1n) is 6.91. The summed E-state index contributed by atoms with van der Waals surface area (Å²) in [5.74, 6) is -0.608. The van der Waals surface area contributed by atoms with Crippen molar-refractivity contribution < 1.29 is 9.31 Å². The van der Waals surface area contributed by atoms with Crippen molar-refractivity contribution in [1.29, 1.82) is 0 Å². The molecule has 0 aliphatic rings. The summed E-state index contributed by atoms with van der Waals surface area (Å²) in [6.45, 7) is 4.03. The number of halogens is 1. The van der Waals surface area contributed by atoms with Crippen LogP contribution >= 0.6 is 0 Å². The molecule has 0 radical (unpaired) electrons. The van der Waals surface area contributed by atoms with E-state index in [1.54, 1.807) is 0 Å². The van der Waals surface area contributed by atoms with Gasteiger partial charge in [-0.05, 0) is 59.5 Å². The van der Waals surface area contributed by atoms with Crippen LogP contribution in [0.5, 0.6) is 0 Å². The summed E-state index contributed by atoms with van der Waals surface area (Å²) in [6.07, 6.45) is 0. The summed E-state index contributed by atoms with van der Waals surface area (Å²) in [5, 5.41) is 13.3. The molecule has 0 aliphatic carbocycles. The molecule has 0 bridgehead atoms. The van der Waals surface area contributed by atoms with E-state index >= 15 is 0 Å². The fourth-order valence-electron chi connectivity index (χ4n) is 2.71. The van der Waals surface area contributed by atoms with Gasteiger partial charge >= 0.3 is 0 Å². The van der Waals surface area contributed by atoms with Gasteiger partial charge in [-0.15, -0.1) is 0 Å². The van der Waals surface area contributed by atoms with Crippen LogP contribution in [-0.2, 0) is 0 Å². The van der Waals surface area contributed by atoms with Gasteiger partial charge in [0.25, 0.3) is 5.69 Å². The van der Waals surface area contributed by atoms with Gasteiger partial charge in [0.15, 0.2) is 0 Å². The second kappa shape index (κ2) is 5.22. The van der Waals surface area contributed by atoms with Crippen LogP contribution in [0.15, 0.2) is 48.5 Å². The Morgan fingerprint density at radius 3 is 2.27 bits per heavy atom. The minimum Gasteiger partial charge on any atom is -0.258 e. The summed E-state index contributed by atoms with van der Waals surface area (Å²) in [6, 6.07) is 13.5. The van der Waals surface area contributed by atoms with E-state index in [2.05, 4.69) is 6.07 Å². The van der Waals surface area contributed by atoms with Crippen molar-refractivity contribution in [2.45, 2.75) is 13.8 Å². The summed E-state index contributed by atoms with van der Waals surface area (Å²) in [5.41, 5.74) is 3.18. The molecule has 0 N–H and O–H groups in total. The number of hydrogen-bond acceptors (Lipinski definition) is 2. The molecule has 3 aromatic rings. The molecule has 0 saturated heterocycles. The first-order valence-corrected chi connectivity index (χ1v) is 6.91. The summed E-state index contributed by atoms with van der Waals surface area (Å²) >= 11 is 0. The van der Waals surface area contributed by atoms with Gasteiger partial charge in [-0.1, -0.05) is 24.3 Å². The highest BCUT2D eigenvalue weighted by Crippen LogP contribution is 2.33. The Morgan fingerprint density at radius 2 is 1.59 bits per heavy atom. The molecule has 0 saturated carbocycles. The molecule has 0 unspecified atom stereocenters. The third kappa shape index (κ3) is 2.33. The minimum absolute atomic E-state index is 0.218. The topological polar surface area (TPSA) is 43.1 Å². The predicted octanol–water partition coefficient (Wildman–Crippen LogP) is 5.17. The lowest BCUT2D eigenvalue weighted by Gasteiger charge is -2.09. The van der Waals surface area contributed by atoms with E-state index in [0.29, 0.717) is 11.1 Å². The quantitative estimate of drug-likeness (QED) is 0.483. The molecule has 0 amide bonds. The Balaban J connectivity index is 2.28. The van der Waals surface area contributed by atoms with Gasteiger partial charge in [0, 0.05) is 0 Å². The average Bonchev–Trinajstić information content (AvgIpc) is 2.50. The fourth-order valence-corrected chi connectivity index (χ4v) is 2.71. The zero-order valence-corrected chi connectivity index (χ0v) is 12.3. The Bertz CT molecular complexity index is 903. The summed E-state index contributed by atoms with van der Waals surface area (Å²) < 4.78 is 13.3. The largest absolute Gasteiger partial charge is 0.280 e. The second-order valence-corrected chi connectivity index (χ2v) is 5.38. The van der Waals surface area contributed by atoms with E-state index in [4.69, 9.17) is 0 Å². The van der Waals surface area contributed by atoms with E-state index < -0.39 is 10.7 Å². The lowest BCUT2D eigenvalue weighted by atomic mass is 9.95. The Labute approximate surface area is 127 Å². The molecule has 0 heterocycles. The highest BCUT2D eigenvalue weighted by atomic mass is 19.1. The zero-order valence-electron chi connectivity index (χ0n) is 12.3. The first kappa shape index (κ1) is 14.2. The molecule has 0 spiro atoms. The lowest BCUT2D eigenvalue weighted by Crippen LogP contribution is -1.93. The van der Waals surface area contributed by atoms with Crippen molar-refractivity contribution in [3.8, 4) is 11.1 Å². The number of rotatable bonds is 2. The van der Waals surface area contributed by atoms with Gasteiger partial charge in [0.1, 0.15) is 5.82 Å². The SMILES string of the molecule is Cc1ccc(C)c2cc(-c3ccc(F)cc3[N+](=O)[O-])ccc12. The van der Waals surface area contributed by atoms with E-state index in [-0.39, 0.29) is 5.69 Å². The van der Waals surface area contributed by atoms with Gasteiger partial charge in [0.05, 0.1) is 16.6 Å². The van der Waals surface area contributed by atoms with Crippen LogP contribution in [0.3, 0.4) is 0 Å². The molecule has 0 fully saturated rings. The van der Waals surface area contributed by atoms with Crippen LogP contribution in [0.4, 0.5) is 10.1 Å². The number of nitrogens with zero attached hydrogens (tertiary/aromatic N) is 1.